The minimum Gasteiger partial charge on any atom is -0.382 e. The van der Waals surface area contributed by atoms with E-state index < -0.39 is 0 Å². The van der Waals surface area contributed by atoms with Crippen molar-refractivity contribution in [1.29, 1.82) is 0 Å². The molecule has 1 aliphatic heterocycles. The monoisotopic (exact) mass is 371 g/mol. The van der Waals surface area contributed by atoms with Crippen LogP contribution in [0.2, 0.25) is 0 Å². The minimum atomic E-state index is -0.237. The minimum absolute atomic E-state index is 0.00230. The van der Waals surface area contributed by atoms with Crippen LogP contribution in [0.4, 0.5) is 15.8 Å². The van der Waals surface area contributed by atoms with E-state index in [0.717, 1.165) is 37.6 Å². The van der Waals surface area contributed by atoms with Crippen LogP contribution in [-0.2, 0) is 0 Å². The molecule has 144 valence electrons. The Morgan fingerprint density at radius 3 is 2.52 bits per heavy atom. The normalized spacial score (nSPS) is 14.5. The predicted molar refractivity (Wildman–Crippen MR) is 106 cm³/mol. The van der Waals surface area contributed by atoms with Crippen molar-refractivity contribution in [3.8, 4) is 0 Å². The van der Waals surface area contributed by atoms with Crippen molar-refractivity contribution in [2.45, 2.75) is 0 Å². The number of pyridine rings is 1. The Kier molecular flexibility index (Phi) is 6.24. The van der Waals surface area contributed by atoms with E-state index in [1.165, 1.54) is 12.1 Å². The van der Waals surface area contributed by atoms with Crippen molar-refractivity contribution in [2.75, 3.05) is 63.6 Å². The maximum Gasteiger partial charge on any atom is 0.255 e. The van der Waals surface area contributed by atoms with Gasteiger partial charge in [-0.3, -0.25) is 9.78 Å². The number of carbonyl (C=O) groups is 1. The summed E-state index contributed by atoms with van der Waals surface area (Å²) >= 11 is 0. The fourth-order valence-electron chi connectivity index (χ4n) is 3.08. The van der Waals surface area contributed by atoms with Gasteiger partial charge in [0.2, 0.25) is 0 Å². The number of carbonyl (C=O) groups excluding carboxylic acids is 1. The molecule has 1 aromatic heterocycles. The first-order chi connectivity index (χ1) is 13.0. The summed E-state index contributed by atoms with van der Waals surface area (Å²) in [4.78, 5) is 23.1. The van der Waals surface area contributed by atoms with Crippen LogP contribution in [0.5, 0.6) is 0 Å². The van der Waals surface area contributed by atoms with Crippen LogP contribution in [-0.4, -0.2) is 74.1 Å². The molecule has 1 aliphatic rings. The lowest BCUT2D eigenvalue weighted by atomic mass is 10.2. The number of amides is 1. The van der Waals surface area contributed by atoms with E-state index in [9.17, 15) is 9.18 Å². The molecule has 2 aromatic rings. The smallest absolute Gasteiger partial charge is 0.255 e. The first-order valence-corrected chi connectivity index (χ1v) is 9.16. The maximum atomic E-state index is 13.1. The van der Waals surface area contributed by atoms with Gasteiger partial charge >= 0.3 is 0 Å². The fourth-order valence-corrected chi connectivity index (χ4v) is 3.08. The summed E-state index contributed by atoms with van der Waals surface area (Å²) in [6, 6.07) is 8.34. The molecule has 0 radical (unpaired) electrons. The van der Waals surface area contributed by atoms with E-state index in [1.54, 1.807) is 24.5 Å². The number of likely N-dealkylation sites (N-methyl/N-ethyl adjacent to an activating group) is 1. The van der Waals surface area contributed by atoms with Crippen molar-refractivity contribution in [3.05, 3.63) is 54.1 Å². The van der Waals surface area contributed by atoms with Crippen LogP contribution in [0, 0.1) is 5.82 Å². The van der Waals surface area contributed by atoms with E-state index >= 15 is 0 Å². The summed E-state index contributed by atoms with van der Waals surface area (Å²) in [6.07, 6.45) is 3.35. The molecule has 1 saturated heterocycles. The zero-order valence-corrected chi connectivity index (χ0v) is 15.9. The molecule has 1 fully saturated rings. The average Bonchev–Trinajstić information content (AvgIpc) is 2.68. The summed E-state index contributed by atoms with van der Waals surface area (Å²) < 4.78 is 13.1. The van der Waals surface area contributed by atoms with E-state index in [-0.39, 0.29) is 11.7 Å². The van der Waals surface area contributed by atoms with E-state index in [0.29, 0.717) is 18.7 Å². The molecule has 0 atom stereocenters. The topological polar surface area (TPSA) is 51.7 Å². The Morgan fingerprint density at radius 2 is 1.85 bits per heavy atom. The molecule has 1 aromatic carbocycles. The molecule has 2 heterocycles. The standard InChI is InChI=1S/C20H26FN5O/c1-24(2)8-7-23-18-13-16(14-22-15-18)20(27)26-11-9-25(10-12-26)19-5-3-17(21)4-6-19/h3-6,13-15,23H,7-12H2,1-2H3. The van der Waals surface area contributed by atoms with Crippen molar-refractivity contribution in [3.63, 3.8) is 0 Å². The Balaban J connectivity index is 1.56. The lowest BCUT2D eigenvalue weighted by Crippen LogP contribution is -2.48. The van der Waals surface area contributed by atoms with Gasteiger partial charge in [0.05, 0.1) is 11.3 Å². The van der Waals surface area contributed by atoms with Crippen LogP contribution in [0.3, 0.4) is 0 Å². The summed E-state index contributed by atoms with van der Waals surface area (Å²) in [5.74, 6) is -0.239. The average molecular weight is 371 g/mol. The van der Waals surface area contributed by atoms with Gasteiger partial charge < -0.3 is 20.0 Å². The summed E-state index contributed by atoms with van der Waals surface area (Å²) in [6.45, 7) is 4.42. The number of nitrogens with one attached hydrogen (secondary N) is 1. The Morgan fingerprint density at radius 1 is 1.15 bits per heavy atom. The zero-order valence-electron chi connectivity index (χ0n) is 15.9. The number of benzene rings is 1. The lowest BCUT2D eigenvalue weighted by molar-refractivity contribution is 0.0746. The molecule has 3 rings (SSSR count). The molecule has 27 heavy (non-hydrogen) atoms. The van der Waals surface area contributed by atoms with Gasteiger partial charge in [-0.05, 0) is 44.4 Å². The number of rotatable bonds is 6. The molecule has 7 heteroatoms. The third-order valence-corrected chi connectivity index (χ3v) is 4.63. The van der Waals surface area contributed by atoms with Crippen LogP contribution < -0.4 is 10.2 Å². The van der Waals surface area contributed by atoms with Crippen LogP contribution in [0.15, 0.2) is 42.7 Å². The summed E-state index contributed by atoms with van der Waals surface area (Å²) in [5, 5.41) is 3.29. The highest BCUT2D eigenvalue weighted by molar-refractivity contribution is 5.95. The van der Waals surface area contributed by atoms with Gasteiger partial charge in [-0.25, -0.2) is 4.39 Å². The number of hydrogen-bond acceptors (Lipinski definition) is 5. The van der Waals surface area contributed by atoms with Crippen molar-refractivity contribution < 1.29 is 9.18 Å². The lowest BCUT2D eigenvalue weighted by Gasteiger charge is -2.36. The highest BCUT2D eigenvalue weighted by atomic mass is 19.1. The highest BCUT2D eigenvalue weighted by Crippen LogP contribution is 2.18. The molecule has 0 unspecified atom stereocenters. The molecular formula is C20H26FN5O. The molecule has 6 nitrogen and oxygen atoms in total. The maximum absolute atomic E-state index is 13.1. The van der Waals surface area contributed by atoms with E-state index in [4.69, 9.17) is 0 Å². The number of nitrogens with zero attached hydrogens (tertiary/aromatic N) is 4. The third kappa shape index (κ3) is 5.17. The molecule has 0 saturated carbocycles. The van der Waals surface area contributed by atoms with Crippen molar-refractivity contribution >= 4 is 17.3 Å². The Labute approximate surface area is 159 Å². The number of piperazine rings is 1. The fraction of sp³-hybridized carbons (Fsp3) is 0.400. The van der Waals surface area contributed by atoms with E-state index in [2.05, 4.69) is 20.1 Å². The second-order valence-corrected chi connectivity index (χ2v) is 6.95. The Hall–Kier alpha value is -2.67. The quantitative estimate of drug-likeness (QED) is 0.843. The van der Waals surface area contributed by atoms with Crippen LogP contribution >= 0.6 is 0 Å². The summed E-state index contributed by atoms with van der Waals surface area (Å²) in [7, 11) is 4.04. The van der Waals surface area contributed by atoms with Gasteiger partial charge in [-0.15, -0.1) is 0 Å². The predicted octanol–water partition coefficient (Wildman–Crippen LogP) is 2.16. The van der Waals surface area contributed by atoms with Gasteiger partial charge in [0.1, 0.15) is 5.82 Å². The van der Waals surface area contributed by atoms with Gasteiger partial charge in [-0.2, -0.15) is 0 Å². The second-order valence-electron chi connectivity index (χ2n) is 6.95. The van der Waals surface area contributed by atoms with Crippen molar-refractivity contribution in [1.82, 2.24) is 14.8 Å². The molecule has 0 aliphatic carbocycles. The second kappa shape index (κ2) is 8.81. The first-order valence-electron chi connectivity index (χ1n) is 9.16. The van der Waals surface area contributed by atoms with E-state index in [1.807, 2.05) is 25.1 Å². The summed E-state index contributed by atoms with van der Waals surface area (Å²) in [5.41, 5.74) is 2.44. The van der Waals surface area contributed by atoms with Crippen LogP contribution in [0.1, 0.15) is 10.4 Å². The number of halogens is 1. The zero-order chi connectivity index (χ0) is 19.2. The van der Waals surface area contributed by atoms with Gasteiger partial charge in [-0.1, -0.05) is 0 Å². The van der Waals surface area contributed by atoms with Gasteiger partial charge in [0.15, 0.2) is 0 Å². The van der Waals surface area contributed by atoms with Crippen molar-refractivity contribution in [2.24, 2.45) is 0 Å². The molecular weight excluding hydrogens is 345 g/mol. The van der Waals surface area contributed by atoms with Crippen LogP contribution in [0.25, 0.3) is 0 Å². The number of hydrogen-bond donors (Lipinski definition) is 1. The van der Waals surface area contributed by atoms with Gasteiger partial charge in [0, 0.05) is 57.3 Å². The molecule has 0 bridgehead atoms. The first kappa shape index (κ1) is 19.1. The largest absolute Gasteiger partial charge is 0.382 e. The molecule has 1 N–H and O–H groups in total. The Bertz CT molecular complexity index is 757. The molecule has 1 amide bonds. The highest BCUT2D eigenvalue weighted by Gasteiger charge is 2.22. The SMILES string of the molecule is CN(C)CCNc1cncc(C(=O)N2CCN(c3ccc(F)cc3)CC2)c1. The number of anilines is 2. The third-order valence-electron chi connectivity index (χ3n) is 4.63. The van der Waals surface area contributed by atoms with Gasteiger partial charge in [0.25, 0.3) is 5.91 Å². The molecule has 0 spiro atoms. The number of aromatic nitrogens is 1.